The Kier molecular flexibility index (Phi) is 4.75. The van der Waals surface area contributed by atoms with Crippen molar-refractivity contribution in [2.24, 2.45) is 0 Å². The van der Waals surface area contributed by atoms with Crippen LogP contribution in [-0.4, -0.2) is 11.8 Å². The molecule has 0 atom stereocenters. The zero-order valence-electron chi connectivity index (χ0n) is 13.6. The Morgan fingerprint density at radius 1 is 0.833 bits per heavy atom. The highest BCUT2D eigenvalue weighted by Gasteiger charge is 2.24. The van der Waals surface area contributed by atoms with Gasteiger partial charge in [-0.2, -0.15) is 0 Å². The molecule has 2 aromatic rings. The van der Waals surface area contributed by atoms with E-state index in [4.69, 9.17) is 4.74 Å². The molecule has 4 nitrogen and oxygen atoms in total. The van der Waals surface area contributed by atoms with Crippen molar-refractivity contribution in [3.63, 3.8) is 0 Å². The molecule has 24 heavy (non-hydrogen) atoms. The van der Waals surface area contributed by atoms with E-state index in [0.717, 1.165) is 17.1 Å². The Labute approximate surface area is 141 Å². The van der Waals surface area contributed by atoms with Gasteiger partial charge >= 0.3 is 0 Å². The number of imide groups is 1. The number of hydrogen-bond acceptors (Lipinski definition) is 3. The quantitative estimate of drug-likeness (QED) is 0.747. The SMILES string of the molecule is CCCCc1ccc(Oc2ccc(N3C(=O)C=CC3=O)cc2)cc1. The van der Waals surface area contributed by atoms with Crippen molar-refractivity contribution in [3.05, 3.63) is 66.2 Å². The van der Waals surface area contributed by atoms with Gasteiger partial charge in [-0.3, -0.25) is 9.59 Å². The van der Waals surface area contributed by atoms with Gasteiger partial charge in [0.2, 0.25) is 0 Å². The first kappa shape index (κ1) is 16.0. The minimum absolute atomic E-state index is 0.323. The van der Waals surface area contributed by atoms with Crippen LogP contribution >= 0.6 is 0 Å². The van der Waals surface area contributed by atoms with E-state index in [9.17, 15) is 9.59 Å². The molecular weight excluding hydrogens is 302 g/mol. The molecule has 3 rings (SSSR count). The molecule has 1 aliphatic heterocycles. The van der Waals surface area contributed by atoms with Crippen LogP contribution in [0.4, 0.5) is 5.69 Å². The molecular formula is C20H19NO3. The molecule has 0 aromatic heterocycles. The number of amides is 2. The van der Waals surface area contributed by atoms with Crippen molar-refractivity contribution >= 4 is 17.5 Å². The van der Waals surface area contributed by atoms with E-state index in [1.807, 2.05) is 12.1 Å². The van der Waals surface area contributed by atoms with E-state index in [1.165, 1.54) is 30.6 Å². The molecule has 2 aromatic carbocycles. The fraction of sp³-hybridized carbons (Fsp3) is 0.200. The maximum Gasteiger partial charge on any atom is 0.258 e. The lowest BCUT2D eigenvalue weighted by molar-refractivity contribution is -0.119. The maximum atomic E-state index is 11.7. The summed E-state index contributed by atoms with van der Waals surface area (Å²) in [6.07, 6.45) is 5.99. The zero-order valence-corrected chi connectivity index (χ0v) is 13.6. The van der Waals surface area contributed by atoms with Gasteiger partial charge in [-0.15, -0.1) is 0 Å². The Hall–Kier alpha value is -2.88. The van der Waals surface area contributed by atoms with Crippen LogP contribution in [0.2, 0.25) is 0 Å². The van der Waals surface area contributed by atoms with Gasteiger partial charge in [0.1, 0.15) is 11.5 Å². The second-order valence-electron chi connectivity index (χ2n) is 5.69. The Balaban J connectivity index is 1.66. The molecule has 0 saturated carbocycles. The van der Waals surface area contributed by atoms with Gasteiger partial charge in [0.25, 0.3) is 11.8 Å². The van der Waals surface area contributed by atoms with E-state index in [2.05, 4.69) is 19.1 Å². The summed E-state index contributed by atoms with van der Waals surface area (Å²) < 4.78 is 5.81. The summed E-state index contributed by atoms with van der Waals surface area (Å²) >= 11 is 0. The third kappa shape index (κ3) is 3.54. The molecule has 0 bridgehead atoms. The van der Waals surface area contributed by atoms with Crippen molar-refractivity contribution in [2.75, 3.05) is 4.90 Å². The number of hydrogen-bond donors (Lipinski definition) is 0. The lowest BCUT2D eigenvalue weighted by atomic mass is 10.1. The number of nitrogens with zero attached hydrogens (tertiary/aromatic N) is 1. The van der Waals surface area contributed by atoms with Gasteiger partial charge in [0.05, 0.1) is 5.69 Å². The molecule has 0 saturated heterocycles. The summed E-state index contributed by atoms with van der Waals surface area (Å²) in [6.45, 7) is 2.18. The lowest BCUT2D eigenvalue weighted by Gasteiger charge is -2.14. The predicted molar refractivity (Wildman–Crippen MR) is 93.2 cm³/mol. The Bertz CT molecular complexity index is 742. The average molecular weight is 321 g/mol. The van der Waals surface area contributed by atoms with Crippen LogP contribution in [0.15, 0.2) is 60.7 Å². The fourth-order valence-corrected chi connectivity index (χ4v) is 2.56. The van der Waals surface area contributed by atoms with Crippen molar-refractivity contribution in [3.8, 4) is 11.5 Å². The number of aryl methyl sites for hydroxylation is 1. The van der Waals surface area contributed by atoms with Crippen LogP contribution in [0, 0.1) is 0 Å². The molecule has 0 unspecified atom stereocenters. The maximum absolute atomic E-state index is 11.7. The van der Waals surface area contributed by atoms with E-state index >= 15 is 0 Å². The van der Waals surface area contributed by atoms with Crippen molar-refractivity contribution in [1.82, 2.24) is 0 Å². The highest BCUT2D eigenvalue weighted by molar-refractivity contribution is 6.28. The summed E-state index contributed by atoms with van der Waals surface area (Å²) in [5.74, 6) is 0.776. The molecule has 2 amide bonds. The lowest BCUT2D eigenvalue weighted by Crippen LogP contribution is -2.29. The van der Waals surface area contributed by atoms with Crippen molar-refractivity contribution in [2.45, 2.75) is 26.2 Å². The van der Waals surface area contributed by atoms with Crippen molar-refractivity contribution < 1.29 is 14.3 Å². The van der Waals surface area contributed by atoms with Gasteiger partial charge in [0, 0.05) is 12.2 Å². The second kappa shape index (κ2) is 7.13. The minimum atomic E-state index is -0.323. The van der Waals surface area contributed by atoms with Gasteiger partial charge < -0.3 is 4.74 Å². The molecule has 0 fully saturated rings. The number of carbonyl (C=O) groups is 2. The smallest absolute Gasteiger partial charge is 0.258 e. The molecule has 4 heteroatoms. The van der Waals surface area contributed by atoms with Crippen LogP contribution in [0.1, 0.15) is 25.3 Å². The number of rotatable bonds is 6. The predicted octanol–water partition coefficient (Wildman–Crippen LogP) is 4.25. The van der Waals surface area contributed by atoms with E-state index < -0.39 is 0 Å². The molecule has 0 spiro atoms. The summed E-state index contributed by atoms with van der Waals surface area (Å²) in [5.41, 5.74) is 1.84. The van der Waals surface area contributed by atoms with E-state index in [1.54, 1.807) is 24.3 Å². The van der Waals surface area contributed by atoms with Gasteiger partial charge in [-0.25, -0.2) is 4.90 Å². The standard InChI is InChI=1S/C20H19NO3/c1-2-3-4-15-5-9-17(10-6-15)24-18-11-7-16(8-12-18)21-19(22)13-14-20(21)23/h5-14H,2-4H2,1H3. The molecule has 0 N–H and O–H groups in total. The van der Waals surface area contributed by atoms with Crippen molar-refractivity contribution in [1.29, 1.82) is 0 Å². The molecule has 1 aliphatic rings. The third-order valence-electron chi connectivity index (χ3n) is 3.88. The van der Waals surface area contributed by atoms with Crippen LogP contribution in [0.5, 0.6) is 11.5 Å². The van der Waals surface area contributed by atoms with Crippen LogP contribution < -0.4 is 9.64 Å². The van der Waals surface area contributed by atoms with Crippen LogP contribution in [-0.2, 0) is 16.0 Å². The summed E-state index contributed by atoms with van der Waals surface area (Å²) in [7, 11) is 0. The highest BCUT2D eigenvalue weighted by atomic mass is 16.5. The number of carbonyl (C=O) groups excluding carboxylic acids is 2. The Morgan fingerprint density at radius 2 is 1.38 bits per heavy atom. The van der Waals surface area contributed by atoms with Gasteiger partial charge in [0.15, 0.2) is 0 Å². The summed E-state index contributed by atoms with van der Waals surface area (Å²) in [5, 5.41) is 0. The van der Waals surface area contributed by atoms with Crippen LogP contribution in [0.25, 0.3) is 0 Å². The Morgan fingerprint density at radius 3 is 1.92 bits per heavy atom. The van der Waals surface area contributed by atoms with E-state index in [0.29, 0.717) is 11.4 Å². The second-order valence-corrected chi connectivity index (χ2v) is 5.69. The topological polar surface area (TPSA) is 46.6 Å². The number of benzene rings is 2. The monoisotopic (exact) mass is 321 g/mol. The first-order valence-electron chi connectivity index (χ1n) is 8.10. The summed E-state index contributed by atoms with van der Waals surface area (Å²) in [6, 6.07) is 15.0. The molecule has 0 radical (unpaired) electrons. The number of ether oxygens (including phenoxy) is 1. The highest BCUT2D eigenvalue weighted by Crippen LogP contribution is 2.26. The molecule has 0 aliphatic carbocycles. The summed E-state index contributed by atoms with van der Waals surface area (Å²) in [4.78, 5) is 24.4. The first-order valence-corrected chi connectivity index (χ1v) is 8.10. The largest absolute Gasteiger partial charge is 0.457 e. The van der Waals surface area contributed by atoms with E-state index in [-0.39, 0.29) is 11.8 Å². The first-order chi connectivity index (χ1) is 11.7. The van der Waals surface area contributed by atoms with Gasteiger partial charge in [-0.1, -0.05) is 25.5 Å². The zero-order chi connectivity index (χ0) is 16.9. The number of unbranched alkanes of at least 4 members (excludes halogenated alkanes) is 1. The van der Waals surface area contributed by atoms with Gasteiger partial charge in [-0.05, 0) is 54.8 Å². The minimum Gasteiger partial charge on any atom is -0.457 e. The average Bonchev–Trinajstić information content (AvgIpc) is 2.94. The number of anilines is 1. The third-order valence-corrected chi connectivity index (χ3v) is 3.88. The van der Waals surface area contributed by atoms with Crippen LogP contribution in [0.3, 0.4) is 0 Å². The molecule has 1 heterocycles. The fourth-order valence-electron chi connectivity index (χ4n) is 2.56. The molecule has 122 valence electrons. The normalized spacial score (nSPS) is 13.6.